The minimum atomic E-state index is -0.348. The normalized spacial score (nSPS) is 10.6. The predicted molar refractivity (Wildman–Crippen MR) is 84.2 cm³/mol. The van der Waals surface area contributed by atoms with E-state index in [4.69, 9.17) is 16.3 Å². The number of nitrogens with zero attached hydrogens (tertiary/aromatic N) is 1. The number of methoxy groups -OCH3 is 1. The van der Waals surface area contributed by atoms with Gasteiger partial charge in [-0.15, -0.1) is 0 Å². The quantitative estimate of drug-likeness (QED) is 0.695. The van der Waals surface area contributed by atoms with Crippen molar-refractivity contribution in [3.8, 4) is 5.75 Å². The summed E-state index contributed by atoms with van der Waals surface area (Å²) >= 11 is 6.03. The minimum absolute atomic E-state index is 0.348. The van der Waals surface area contributed by atoms with Gasteiger partial charge in [-0.2, -0.15) is 5.10 Å². The van der Waals surface area contributed by atoms with Crippen LogP contribution in [-0.2, 0) is 0 Å². The molecule has 1 amide bonds. The number of halogens is 1. The number of hydrogen-bond acceptors (Lipinski definition) is 3. The van der Waals surface area contributed by atoms with Gasteiger partial charge in [-0.1, -0.05) is 29.8 Å². The Labute approximate surface area is 128 Å². The molecule has 2 aromatic carbocycles. The Morgan fingerprint density at radius 3 is 2.81 bits per heavy atom. The molecule has 21 heavy (non-hydrogen) atoms. The van der Waals surface area contributed by atoms with E-state index in [2.05, 4.69) is 10.5 Å². The number of aryl methyl sites for hydroxylation is 1. The number of hydrazone groups is 1. The van der Waals surface area contributed by atoms with Crippen LogP contribution in [0.3, 0.4) is 0 Å². The number of rotatable bonds is 4. The molecule has 4 nitrogen and oxygen atoms in total. The van der Waals surface area contributed by atoms with Crippen LogP contribution in [0.4, 0.5) is 0 Å². The Morgan fingerprint density at radius 1 is 1.29 bits per heavy atom. The van der Waals surface area contributed by atoms with E-state index in [-0.39, 0.29) is 5.91 Å². The van der Waals surface area contributed by atoms with Crippen LogP contribution >= 0.6 is 11.6 Å². The van der Waals surface area contributed by atoms with Crippen LogP contribution in [0.1, 0.15) is 21.5 Å². The summed E-state index contributed by atoms with van der Waals surface area (Å²) in [6.45, 7) is 1.91. The standard InChI is InChI=1S/C16H15ClN2O2/c1-11-6-7-14(15(17)8-11)16(20)19-18-10-12-4-3-5-13(9-12)21-2/h3-10H,1-2H3,(H,19,20)/b18-10-. The van der Waals surface area contributed by atoms with Crippen molar-refractivity contribution in [1.29, 1.82) is 0 Å². The first-order valence-corrected chi connectivity index (χ1v) is 6.71. The molecule has 1 N–H and O–H groups in total. The minimum Gasteiger partial charge on any atom is -0.497 e. The number of carbonyl (C=O) groups is 1. The van der Waals surface area contributed by atoms with E-state index in [0.29, 0.717) is 10.6 Å². The summed E-state index contributed by atoms with van der Waals surface area (Å²) in [6.07, 6.45) is 1.54. The summed E-state index contributed by atoms with van der Waals surface area (Å²) in [5.74, 6) is 0.381. The number of ether oxygens (including phenoxy) is 1. The predicted octanol–water partition coefficient (Wildman–Crippen LogP) is 3.42. The van der Waals surface area contributed by atoms with E-state index >= 15 is 0 Å². The van der Waals surface area contributed by atoms with Crippen LogP contribution in [0, 0.1) is 6.92 Å². The number of amides is 1. The lowest BCUT2D eigenvalue weighted by molar-refractivity contribution is 0.0955. The van der Waals surface area contributed by atoms with Gasteiger partial charge in [-0.25, -0.2) is 5.43 Å². The number of nitrogens with one attached hydrogen (secondary N) is 1. The second-order valence-corrected chi connectivity index (χ2v) is 4.87. The van der Waals surface area contributed by atoms with Crippen LogP contribution in [0.2, 0.25) is 5.02 Å². The van der Waals surface area contributed by atoms with E-state index in [1.165, 1.54) is 0 Å². The molecule has 0 radical (unpaired) electrons. The molecule has 0 spiro atoms. The fraction of sp³-hybridized carbons (Fsp3) is 0.125. The molecule has 0 atom stereocenters. The molecule has 0 bridgehead atoms. The Balaban J connectivity index is 2.04. The molecule has 0 saturated carbocycles. The highest BCUT2D eigenvalue weighted by Gasteiger charge is 2.08. The van der Waals surface area contributed by atoms with Gasteiger partial charge >= 0.3 is 0 Å². The van der Waals surface area contributed by atoms with Crippen molar-refractivity contribution in [1.82, 2.24) is 5.43 Å². The highest BCUT2D eigenvalue weighted by atomic mass is 35.5. The van der Waals surface area contributed by atoms with Crippen molar-refractivity contribution in [3.63, 3.8) is 0 Å². The summed E-state index contributed by atoms with van der Waals surface area (Å²) in [7, 11) is 1.59. The monoisotopic (exact) mass is 302 g/mol. The van der Waals surface area contributed by atoms with Gasteiger partial charge < -0.3 is 4.74 Å². The van der Waals surface area contributed by atoms with E-state index in [0.717, 1.165) is 16.9 Å². The Kier molecular flexibility index (Phi) is 4.95. The molecule has 0 aliphatic carbocycles. The van der Waals surface area contributed by atoms with E-state index in [1.807, 2.05) is 37.3 Å². The molecule has 0 saturated heterocycles. The SMILES string of the molecule is COc1cccc(/C=N\NC(=O)c2ccc(C)cc2Cl)c1. The summed E-state index contributed by atoms with van der Waals surface area (Å²) < 4.78 is 5.11. The number of carbonyl (C=O) groups excluding carboxylic acids is 1. The topological polar surface area (TPSA) is 50.7 Å². The first-order valence-electron chi connectivity index (χ1n) is 6.34. The molecule has 2 aromatic rings. The largest absolute Gasteiger partial charge is 0.497 e. The average molecular weight is 303 g/mol. The zero-order valence-electron chi connectivity index (χ0n) is 11.8. The Morgan fingerprint density at radius 2 is 2.10 bits per heavy atom. The van der Waals surface area contributed by atoms with Gasteiger partial charge in [0.2, 0.25) is 0 Å². The van der Waals surface area contributed by atoms with Gasteiger partial charge in [-0.3, -0.25) is 4.79 Å². The van der Waals surface area contributed by atoms with E-state index in [1.54, 1.807) is 25.5 Å². The Bertz CT molecular complexity index is 684. The Hall–Kier alpha value is -2.33. The molecule has 0 aliphatic rings. The molecular weight excluding hydrogens is 288 g/mol. The third-order valence-corrected chi connectivity index (χ3v) is 3.16. The van der Waals surface area contributed by atoms with Crippen LogP contribution in [0.15, 0.2) is 47.6 Å². The highest BCUT2D eigenvalue weighted by Crippen LogP contribution is 2.17. The average Bonchev–Trinajstić information content (AvgIpc) is 2.47. The van der Waals surface area contributed by atoms with Crippen LogP contribution < -0.4 is 10.2 Å². The van der Waals surface area contributed by atoms with Gasteiger partial charge in [-0.05, 0) is 42.3 Å². The van der Waals surface area contributed by atoms with Gasteiger partial charge in [0, 0.05) is 0 Å². The second kappa shape index (κ2) is 6.90. The number of benzene rings is 2. The molecule has 0 aliphatic heterocycles. The van der Waals surface area contributed by atoms with Crippen LogP contribution in [0.25, 0.3) is 0 Å². The lowest BCUT2D eigenvalue weighted by Crippen LogP contribution is -2.18. The molecule has 0 unspecified atom stereocenters. The molecule has 0 aromatic heterocycles. The van der Waals surface area contributed by atoms with Crippen LogP contribution in [0.5, 0.6) is 5.75 Å². The van der Waals surface area contributed by atoms with Gasteiger partial charge in [0.1, 0.15) is 5.75 Å². The van der Waals surface area contributed by atoms with Crippen molar-refractivity contribution >= 4 is 23.7 Å². The third kappa shape index (κ3) is 4.07. The van der Waals surface area contributed by atoms with Crippen molar-refractivity contribution < 1.29 is 9.53 Å². The van der Waals surface area contributed by atoms with E-state index < -0.39 is 0 Å². The highest BCUT2D eigenvalue weighted by molar-refractivity contribution is 6.33. The zero-order valence-corrected chi connectivity index (χ0v) is 12.5. The summed E-state index contributed by atoms with van der Waals surface area (Å²) in [5.41, 5.74) is 4.66. The lowest BCUT2D eigenvalue weighted by Gasteiger charge is -2.03. The van der Waals surface area contributed by atoms with Crippen molar-refractivity contribution in [3.05, 3.63) is 64.2 Å². The maximum Gasteiger partial charge on any atom is 0.272 e. The van der Waals surface area contributed by atoms with Gasteiger partial charge in [0.25, 0.3) is 5.91 Å². The summed E-state index contributed by atoms with van der Waals surface area (Å²) in [5, 5.41) is 4.32. The van der Waals surface area contributed by atoms with E-state index in [9.17, 15) is 4.79 Å². The fourth-order valence-electron chi connectivity index (χ4n) is 1.75. The number of hydrogen-bond donors (Lipinski definition) is 1. The molecule has 108 valence electrons. The van der Waals surface area contributed by atoms with Gasteiger partial charge in [0.15, 0.2) is 0 Å². The molecule has 0 heterocycles. The van der Waals surface area contributed by atoms with Crippen molar-refractivity contribution in [2.75, 3.05) is 7.11 Å². The maximum atomic E-state index is 12.0. The smallest absolute Gasteiger partial charge is 0.272 e. The molecule has 0 fully saturated rings. The first kappa shape index (κ1) is 15.1. The summed E-state index contributed by atoms with van der Waals surface area (Å²) in [4.78, 5) is 12.0. The molecule has 5 heteroatoms. The first-order chi connectivity index (χ1) is 10.1. The zero-order chi connectivity index (χ0) is 15.2. The third-order valence-electron chi connectivity index (χ3n) is 2.84. The van der Waals surface area contributed by atoms with Crippen LogP contribution in [-0.4, -0.2) is 19.2 Å². The lowest BCUT2D eigenvalue weighted by atomic mass is 10.1. The maximum absolute atomic E-state index is 12.0. The second-order valence-electron chi connectivity index (χ2n) is 4.46. The summed E-state index contributed by atoms with van der Waals surface area (Å²) in [6, 6.07) is 12.6. The molecule has 2 rings (SSSR count). The van der Waals surface area contributed by atoms with Crippen molar-refractivity contribution in [2.24, 2.45) is 5.10 Å². The molecular formula is C16H15ClN2O2. The van der Waals surface area contributed by atoms with Gasteiger partial charge in [0.05, 0.1) is 23.9 Å². The van der Waals surface area contributed by atoms with Crippen molar-refractivity contribution in [2.45, 2.75) is 6.92 Å². The fourth-order valence-corrected chi connectivity index (χ4v) is 2.07.